The van der Waals surface area contributed by atoms with Gasteiger partial charge in [0.25, 0.3) is 0 Å². The average Bonchev–Trinajstić information content (AvgIpc) is 1.17. The van der Waals surface area contributed by atoms with Crippen molar-refractivity contribution < 1.29 is 80.2 Å². The molecule has 96 heavy (non-hydrogen) atoms. The first-order valence-electron chi connectivity index (χ1n) is 37.1. The Morgan fingerprint density at radius 3 is 0.927 bits per heavy atom. The highest BCUT2D eigenvalue weighted by Gasteiger charge is 2.30. The second kappa shape index (κ2) is 69.2. The van der Waals surface area contributed by atoms with Crippen molar-refractivity contribution in [2.24, 2.45) is 0 Å². The van der Waals surface area contributed by atoms with Gasteiger partial charge in [0.2, 0.25) is 0 Å². The highest BCUT2D eigenvalue weighted by atomic mass is 31.2. The number of unbranched alkanes of at least 4 members (excludes halogenated alkanes) is 25. The number of carbonyl (C=O) groups excluding carboxylic acids is 4. The van der Waals surface area contributed by atoms with E-state index in [2.05, 4.69) is 119 Å². The topological polar surface area (TPSA) is 237 Å². The van der Waals surface area contributed by atoms with E-state index in [1.165, 1.54) is 64.2 Å². The number of aliphatic hydroxyl groups is 1. The molecule has 0 aliphatic rings. The van der Waals surface area contributed by atoms with Gasteiger partial charge in [-0.2, -0.15) is 0 Å². The fourth-order valence-corrected chi connectivity index (χ4v) is 11.1. The molecule has 5 atom stereocenters. The van der Waals surface area contributed by atoms with Crippen LogP contribution in [0.4, 0.5) is 0 Å². The van der Waals surface area contributed by atoms with Crippen LogP contribution < -0.4 is 0 Å². The second-order valence-corrected chi connectivity index (χ2v) is 27.4. The van der Waals surface area contributed by atoms with E-state index < -0.39 is 97.5 Å². The molecule has 0 fully saturated rings. The molecule has 552 valence electrons. The van der Waals surface area contributed by atoms with Crippen molar-refractivity contribution in [3.8, 4) is 0 Å². The number of ether oxygens (including phenoxy) is 4. The minimum atomic E-state index is -4.99. The van der Waals surface area contributed by atoms with E-state index in [1.54, 1.807) is 0 Å². The quantitative estimate of drug-likeness (QED) is 0.0169. The first-order chi connectivity index (χ1) is 46.7. The van der Waals surface area contributed by atoms with Crippen molar-refractivity contribution in [3.05, 3.63) is 109 Å². The minimum absolute atomic E-state index is 0.0335. The highest BCUT2D eigenvalue weighted by Crippen LogP contribution is 2.45. The molecule has 19 heteroatoms. The van der Waals surface area contributed by atoms with Crippen LogP contribution in [0.1, 0.15) is 297 Å². The van der Waals surface area contributed by atoms with Crippen LogP contribution in [0.3, 0.4) is 0 Å². The molecule has 3 N–H and O–H groups in total. The maximum Gasteiger partial charge on any atom is 0.472 e. The molecule has 0 aromatic carbocycles. The Kier molecular flexibility index (Phi) is 66.1. The van der Waals surface area contributed by atoms with Gasteiger partial charge < -0.3 is 33.8 Å². The van der Waals surface area contributed by atoms with Crippen molar-refractivity contribution in [1.82, 2.24) is 0 Å². The normalized spacial score (nSPS) is 14.6. The smallest absolute Gasteiger partial charge is 0.462 e. The number of phosphoric acid groups is 2. The van der Waals surface area contributed by atoms with E-state index in [9.17, 15) is 43.2 Å². The average molecular weight is 1390 g/mol. The van der Waals surface area contributed by atoms with Crippen LogP contribution >= 0.6 is 15.6 Å². The summed E-state index contributed by atoms with van der Waals surface area (Å²) in [5.41, 5.74) is 0. The molecular formula is C77H132O17P2. The van der Waals surface area contributed by atoms with Crippen molar-refractivity contribution in [3.63, 3.8) is 0 Å². The third kappa shape index (κ3) is 68.3. The zero-order valence-corrected chi connectivity index (χ0v) is 61.8. The van der Waals surface area contributed by atoms with Gasteiger partial charge in [-0.15, -0.1) is 0 Å². The first kappa shape index (κ1) is 91.7. The van der Waals surface area contributed by atoms with E-state index in [0.717, 1.165) is 148 Å². The van der Waals surface area contributed by atoms with Crippen LogP contribution in [0.25, 0.3) is 0 Å². The molecule has 0 aliphatic carbocycles. The summed E-state index contributed by atoms with van der Waals surface area (Å²) in [5, 5.41) is 10.6. The van der Waals surface area contributed by atoms with Gasteiger partial charge in [-0.05, 0) is 135 Å². The molecule has 0 aliphatic heterocycles. The molecule has 0 amide bonds. The lowest BCUT2D eigenvalue weighted by molar-refractivity contribution is -0.161. The number of phosphoric ester groups is 2. The van der Waals surface area contributed by atoms with Gasteiger partial charge in [-0.25, -0.2) is 9.13 Å². The summed E-state index contributed by atoms with van der Waals surface area (Å²) < 4.78 is 68.2. The van der Waals surface area contributed by atoms with Gasteiger partial charge in [0.15, 0.2) is 12.2 Å². The largest absolute Gasteiger partial charge is 0.472 e. The van der Waals surface area contributed by atoms with E-state index in [1.807, 2.05) is 18.2 Å². The van der Waals surface area contributed by atoms with Crippen LogP contribution in [0, 0.1) is 0 Å². The summed E-state index contributed by atoms with van der Waals surface area (Å²) in [6, 6.07) is 0. The fraction of sp³-hybridized carbons (Fsp3) is 0.714. The van der Waals surface area contributed by atoms with E-state index in [-0.39, 0.29) is 25.7 Å². The van der Waals surface area contributed by atoms with E-state index in [4.69, 9.17) is 37.0 Å². The lowest BCUT2D eigenvalue weighted by atomic mass is 10.1. The van der Waals surface area contributed by atoms with Gasteiger partial charge in [0, 0.05) is 25.7 Å². The molecule has 5 unspecified atom stereocenters. The molecule has 17 nitrogen and oxygen atoms in total. The summed E-state index contributed by atoms with van der Waals surface area (Å²) in [7, 11) is -9.97. The zero-order valence-electron chi connectivity index (χ0n) is 60.0. The Labute approximate surface area is 581 Å². The zero-order chi connectivity index (χ0) is 70.4. The number of carbonyl (C=O) groups is 4. The molecule has 0 saturated heterocycles. The predicted octanol–water partition coefficient (Wildman–Crippen LogP) is 21.0. The Bertz CT molecular complexity index is 2250. The standard InChI is InChI=1S/C77H132O17P2/c1-5-9-13-17-21-25-29-32-33-34-35-36-37-40-43-46-50-54-58-62-75(80)88-68-73(94-77(82)64-60-56-52-48-44-39-31-27-23-19-15-11-7-3)70-92-96(85,86)90-66-71(78)65-89-95(83,84)91-69-72(93-76(81)63-59-55-51-47-41-28-24-20-16-12-8-4)67-87-74(79)61-57-53-49-45-42-38-30-26-22-18-14-10-6-2/h9,13,20-21,24-27,30-33,35-36,40,43,50,54,71-73,78H,5-8,10-12,14-19,22-23,28-29,34,37-39,41-42,44-49,51-53,55-70H2,1-4H3,(H,83,84)(H,85,86)/b13-9-,24-20-,25-21-,30-26-,31-27-,33-32-,36-35-,43-40-,54-50-. The van der Waals surface area contributed by atoms with Crippen molar-refractivity contribution >= 4 is 39.5 Å². The third-order valence-electron chi connectivity index (χ3n) is 15.2. The van der Waals surface area contributed by atoms with Gasteiger partial charge in [-0.1, -0.05) is 246 Å². The number of rotatable bonds is 69. The second-order valence-electron chi connectivity index (χ2n) is 24.5. The summed E-state index contributed by atoms with van der Waals surface area (Å²) in [5.74, 6) is -2.30. The van der Waals surface area contributed by atoms with Gasteiger partial charge in [0.1, 0.15) is 19.3 Å². The molecule has 0 aromatic heterocycles. The minimum Gasteiger partial charge on any atom is -0.462 e. The fourth-order valence-electron chi connectivity index (χ4n) is 9.51. The van der Waals surface area contributed by atoms with Crippen LogP contribution in [0.2, 0.25) is 0 Å². The first-order valence-corrected chi connectivity index (χ1v) is 40.1. The number of esters is 4. The summed E-state index contributed by atoms with van der Waals surface area (Å²) in [4.78, 5) is 72.6. The SMILES string of the molecule is CC/C=C\C/C=C\C/C=C\C/C=C\C/C=C\C/C=C\CCC(=O)OCC(COP(=O)(O)OCC(O)COP(=O)(O)OCC(COC(=O)CCCCCCC/C=C\CCCCCC)OC(=O)CCCCCCC/C=C\CCCC)OC(=O)CCCCCCC/C=C\CCCCCC. The number of hydrogen-bond donors (Lipinski definition) is 3. The molecule has 0 saturated carbocycles. The van der Waals surface area contributed by atoms with Crippen LogP contribution in [-0.4, -0.2) is 96.7 Å². The summed E-state index contributed by atoms with van der Waals surface area (Å²) in [6.45, 7) is 4.57. The van der Waals surface area contributed by atoms with Crippen LogP contribution in [0.5, 0.6) is 0 Å². The Hall–Kier alpha value is -4.28. The molecule has 0 radical (unpaired) electrons. The number of allylic oxidation sites excluding steroid dienone is 18. The van der Waals surface area contributed by atoms with Gasteiger partial charge in [0.05, 0.1) is 26.4 Å². The van der Waals surface area contributed by atoms with E-state index in [0.29, 0.717) is 32.1 Å². The Balaban J connectivity index is 5.39. The molecule has 0 spiro atoms. The summed E-state index contributed by atoms with van der Waals surface area (Å²) in [6.07, 6.45) is 72.5. The van der Waals surface area contributed by atoms with Gasteiger partial charge in [-0.3, -0.25) is 37.3 Å². The maximum atomic E-state index is 13.0. The molecule has 0 aromatic rings. The van der Waals surface area contributed by atoms with Crippen LogP contribution in [0.15, 0.2) is 109 Å². The summed E-state index contributed by atoms with van der Waals surface area (Å²) >= 11 is 0. The Morgan fingerprint density at radius 2 is 0.573 bits per heavy atom. The van der Waals surface area contributed by atoms with Crippen molar-refractivity contribution in [2.45, 2.75) is 316 Å². The van der Waals surface area contributed by atoms with Crippen LogP contribution in [-0.2, 0) is 65.4 Å². The predicted molar refractivity (Wildman–Crippen MR) is 390 cm³/mol. The lowest BCUT2D eigenvalue weighted by Gasteiger charge is -2.21. The highest BCUT2D eigenvalue weighted by molar-refractivity contribution is 7.47. The van der Waals surface area contributed by atoms with E-state index >= 15 is 0 Å². The lowest BCUT2D eigenvalue weighted by Crippen LogP contribution is -2.30. The number of hydrogen-bond acceptors (Lipinski definition) is 15. The maximum absolute atomic E-state index is 13.0. The van der Waals surface area contributed by atoms with Crippen molar-refractivity contribution in [1.29, 1.82) is 0 Å². The monoisotopic (exact) mass is 1390 g/mol. The molecule has 0 heterocycles. The Morgan fingerprint density at radius 1 is 0.302 bits per heavy atom. The molecule has 0 rings (SSSR count). The van der Waals surface area contributed by atoms with Crippen molar-refractivity contribution in [2.75, 3.05) is 39.6 Å². The molecule has 0 bridgehead atoms. The van der Waals surface area contributed by atoms with Gasteiger partial charge >= 0.3 is 39.5 Å². The molecular weight excluding hydrogens is 1260 g/mol. The number of aliphatic hydroxyl groups excluding tert-OH is 1. The third-order valence-corrected chi connectivity index (χ3v) is 17.1.